The molecule has 1 aliphatic carbocycles. The highest BCUT2D eigenvalue weighted by Gasteiger charge is 2.23. The van der Waals surface area contributed by atoms with Gasteiger partial charge in [0.15, 0.2) is 11.6 Å². The van der Waals surface area contributed by atoms with Crippen LogP contribution in [0.3, 0.4) is 0 Å². The quantitative estimate of drug-likeness (QED) is 0.234. The zero-order valence-corrected chi connectivity index (χ0v) is 22.2. The van der Waals surface area contributed by atoms with Crippen molar-refractivity contribution in [2.45, 2.75) is 84.0 Å². The summed E-state index contributed by atoms with van der Waals surface area (Å²) in [7, 11) is 0. The van der Waals surface area contributed by atoms with Crippen molar-refractivity contribution < 1.29 is 17.9 Å². The number of benzene rings is 3. The Morgan fingerprint density at radius 1 is 0.703 bits per heavy atom. The lowest BCUT2D eigenvalue weighted by Crippen LogP contribution is -2.13. The molecule has 0 spiro atoms. The van der Waals surface area contributed by atoms with Crippen LogP contribution >= 0.6 is 0 Å². The minimum absolute atomic E-state index is 0.0709. The fraction of sp³-hybridized carbons (Fsp3) is 0.455. The fourth-order valence-electron chi connectivity index (χ4n) is 5.51. The molecule has 1 saturated carbocycles. The van der Waals surface area contributed by atoms with Crippen LogP contribution < -0.4 is 4.74 Å². The molecule has 0 N–H and O–H groups in total. The minimum Gasteiger partial charge on any atom is -0.490 e. The van der Waals surface area contributed by atoms with Crippen LogP contribution in [0.25, 0.3) is 22.3 Å². The van der Waals surface area contributed by atoms with Crippen molar-refractivity contribution in [3.05, 3.63) is 77.6 Å². The van der Waals surface area contributed by atoms with Crippen LogP contribution in [0.2, 0.25) is 0 Å². The van der Waals surface area contributed by atoms with Gasteiger partial charge in [-0.1, -0.05) is 82.3 Å². The Morgan fingerprint density at radius 3 is 2.00 bits per heavy atom. The van der Waals surface area contributed by atoms with Crippen LogP contribution in [0.4, 0.5) is 13.2 Å². The highest BCUT2D eigenvalue weighted by Crippen LogP contribution is 2.39. The third kappa shape index (κ3) is 6.77. The zero-order valence-electron chi connectivity index (χ0n) is 22.2. The van der Waals surface area contributed by atoms with Gasteiger partial charge in [0.1, 0.15) is 5.82 Å². The van der Waals surface area contributed by atoms with Crippen molar-refractivity contribution in [3.8, 4) is 28.0 Å². The first-order chi connectivity index (χ1) is 18.0. The molecule has 1 fully saturated rings. The summed E-state index contributed by atoms with van der Waals surface area (Å²) < 4.78 is 49.8. The van der Waals surface area contributed by atoms with Crippen LogP contribution in [0.5, 0.6) is 5.75 Å². The van der Waals surface area contributed by atoms with Gasteiger partial charge in [-0.15, -0.1) is 0 Å². The van der Waals surface area contributed by atoms with Crippen molar-refractivity contribution >= 4 is 0 Å². The maximum absolute atomic E-state index is 15.2. The number of hydrogen-bond acceptors (Lipinski definition) is 1. The molecule has 198 valence electrons. The Balaban J connectivity index is 1.42. The van der Waals surface area contributed by atoms with E-state index in [1.807, 2.05) is 13.0 Å². The van der Waals surface area contributed by atoms with Gasteiger partial charge in [0.25, 0.3) is 0 Å². The number of ether oxygens (including phenoxy) is 1. The Hall–Kier alpha value is -2.75. The van der Waals surface area contributed by atoms with Crippen molar-refractivity contribution in [1.82, 2.24) is 0 Å². The minimum atomic E-state index is -0.977. The smallest absolute Gasteiger partial charge is 0.201 e. The second-order valence-corrected chi connectivity index (χ2v) is 10.5. The second kappa shape index (κ2) is 13.2. The molecule has 3 aromatic carbocycles. The molecule has 0 unspecified atom stereocenters. The van der Waals surface area contributed by atoms with Crippen LogP contribution in [-0.2, 0) is 0 Å². The first-order valence-corrected chi connectivity index (χ1v) is 14.0. The lowest BCUT2D eigenvalue weighted by atomic mass is 9.77. The summed E-state index contributed by atoms with van der Waals surface area (Å²) in [5.74, 6) is -0.958. The van der Waals surface area contributed by atoms with E-state index >= 15 is 4.39 Å². The normalized spacial score (nSPS) is 17.6. The monoisotopic (exact) mass is 508 g/mol. The molecule has 1 aliphatic rings. The molecule has 4 heteroatoms. The van der Waals surface area contributed by atoms with Crippen LogP contribution in [-0.4, -0.2) is 6.61 Å². The molecule has 0 heterocycles. The Kier molecular flexibility index (Phi) is 9.71. The highest BCUT2D eigenvalue weighted by molar-refractivity contribution is 5.71. The lowest BCUT2D eigenvalue weighted by Gasteiger charge is -2.29. The Bertz CT molecular complexity index is 1150. The summed E-state index contributed by atoms with van der Waals surface area (Å²) in [5.41, 5.74) is 3.02. The van der Waals surface area contributed by atoms with Crippen molar-refractivity contribution in [2.24, 2.45) is 5.92 Å². The van der Waals surface area contributed by atoms with Crippen LogP contribution in [0.1, 0.15) is 89.5 Å². The second-order valence-electron chi connectivity index (χ2n) is 10.5. The van der Waals surface area contributed by atoms with Gasteiger partial charge < -0.3 is 4.74 Å². The number of halogens is 3. The molecule has 0 aliphatic heterocycles. The fourth-order valence-corrected chi connectivity index (χ4v) is 5.51. The maximum Gasteiger partial charge on any atom is 0.201 e. The molecule has 0 bridgehead atoms. The predicted octanol–water partition coefficient (Wildman–Crippen LogP) is 10.5. The largest absolute Gasteiger partial charge is 0.490 e. The maximum atomic E-state index is 15.2. The number of unbranched alkanes of at least 4 members (excludes halogenated alkanes) is 3. The number of rotatable bonds is 11. The van der Waals surface area contributed by atoms with E-state index < -0.39 is 11.6 Å². The molecule has 0 aromatic heterocycles. The third-order valence-electron chi connectivity index (χ3n) is 7.84. The molecule has 3 aromatic rings. The van der Waals surface area contributed by atoms with Gasteiger partial charge in [-0.3, -0.25) is 0 Å². The summed E-state index contributed by atoms with van der Waals surface area (Å²) in [6, 6.07) is 15.5. The van der Waals surface area contributed by atoms with E-state index in [0.717, 1.165) is 37.2 Å². The van der Waals surface area contributed by atoms with Crippen molar-refractivity contribution in [1.29, 1.82) is 0 Å². The average molecular weight is 509 g/mol. The molecule has 4 rings (SSSR count). The molecule has 0 atom stereocenters. The average Bonchev–Trinajstić information content (AvgIpc) is 2.92. The number of hydrogen-bond donors (Lipinski definition) is 0. The van der Waals surface area contributed by atoms with Crippen LogP contribution in [0, 0.1) is 23.4 Å². The Morgan fingerprint density at radius 2 is 1.35 bits per heavy atom. The van der Waals surface area contributed by atoms with Gasteiger partial charge in [-0.25, -0.2) is 8.78 Å². The molecule has 0 amide bonds. The van der Waals surface area contributed by atoms with Gasteiger partial charge in [0.2, 0.25) is 5.82 Å². The summed E-state index contributed by atoms with van der Waals surface area (Å²) in [6.07, 6.45) is 11.7. The van der Waals surface area contributed by atoms with Gasteiger partial charge in [-0.05, 0) is 78.8 Å². The van der Waals surface area contributed by atoms with Gasteiger partial charge in [-0.2, -0.15) is 4.39 Å². The first-order valence-electron chi connectivity index (χ1n) is 14.0. The molecule has 0 radical (unpaired) electrons. The summed E-state index contributed by atoms with van der Waals surface area (Å²) in [6.45, 7) is 4.60. The van der Waals surface area contributed by atoms with Crippen molar-refractivity contribution in [2.75, 3.05) is 6.61 Å². The molecular formula is C33H39F3O. The summed E-state index contributed by atoms with van der Waals surface area (Å²) in [5, 5.41) is 0. The highest BCUT2D eigenvalue weighted by atomic mass is 19.2. The molecule has 1 nitrogen and oxygen atoms in total. The van der Waals surface area contributed by atoms with E-state index in [2.05, 4.69) is 13.0 Å². The van der Waals surface area contributed by atoms with Gasteiger partial charge in [0, 0.05) is 11.1 Å². The Labute approximate surface area is 220 Å². The SMILES string of the molecule is CCCCCC1CCC(c2ccc(-c3ccc(-c4ccc(OCCCC)c(F)c4F)cc3)c(F)c2)CC1. The lowest BCUT2D eigenvalue weighted by molar-refractivity contribution is 0.289. The van der Waals surface area contributed by atoms with Gasteiger partial charge in [0.05, 0.1) is 6.61 Å². The molecule has 0 saturated heterocycles. The summed E-state index contributed by atoms with van der Waals surface area (Å²) >= 11 is 0. The van der Waals surface area contributed by atoms with Gasteiger partial charge >= 0.3 is 0 Å². The van der Waals surface area contributed by atoms with E-state index in [1.165, 1.54) is 50.7 Å². The third-order valence-corrected chi connectivity index (χ3v) is 7.84. The topological polar surface area (TPSA) is 9.23 Å². The molecular weight excluding hydrogens is 469 g/mol. The van der Waals surface area contributed by atoms with Crippen LogP contribution in [0.15, 0.2) is 54.6 Å². The molecule has 37 heavy (non-hydrogen) atoms. The van der Waals surface area contributed by atoms with E-state index in [0.29, 0.717) is 29.2 Å². The van der Waals surface area contributed by atoms with Crippen molar-refractivity contribution in [3.63, 3.8) is 0 Å². The standard InChI is InChI=1S/C33H39F3O/c1-3-5-7-8-23-9-11-24(12-10-23)27-17-18-28(30(34)22-27)25-13-15-26(16-14-25)29-19-20-31(33(36)32(29)35)37-21-6-4-2/h13-20,22-24H,3-12,21H2,1-2H3. The van der Waals surface area contributed by atoms with E-state index in [4.69, 9.17) is 4.74 Å². The zero-order chi connectivity index (χ0) is 26.2. The predicted molar refractivity (Wildman–Crippen MR) is 146 cm³/mol. The first kappa shape index (κ1) is 27.3. The van der Waals surface area contributed by atoms with E-state index in [9.17, 15) is 8.78 Å². The van der Waals surface area contributed by atoms with E-state index in [-0.39, 0.29) is 17.1 Å². The van der Waals surface area contributed by atoms with E-state index in [1.54, 1.807) is 30.3 Å². The summed E-state index contributed by atoms with van der Waals surface area (Å²) in [4.78, 5) is 0.